The van der Waals surface area contributed by atoms with E-state index in [1.807, 2.05) is 12.1 Å². The number of carbonyl (C=O) groups excluding carboxylic acids is 1. The summed E-state index contributed by atoms with van der Waals surface area (Å²) in [7, 11) is 0. The molecule has 0 atom stereocenters. The van der Waals surface area contributed by atoms with E-state index in [9.17, 15) is 4.79 Å². The van der Waals surface area contributed by atoms with Gasteiger partial charge >= 0.3 is 6.09 Å². The highest BCUT2D eigenvalue weighted by Gasteiger charge is 2.43. The molecule has 1 aromatic rings. The summed E-state index contributed by atoms with van der Waals surface area (Å²) in [6.07, 6.45) is 4.49. The van der Waals surface area contributed by atoms with E-state index in [0.717, 1.165) is 37.8 Å². The summed E-state index contributed by atoms with van der Waals surface area (Å²) in [5, 5.41) is 0. The van der Waals surface area contributed by atoms with Gasteiger partial charge < -0.3 is 4.74 Å². The van der Waals surface area contributed by atoms with Crippen LogP contribution >= 0.6 is 0 Å². The van der Waals surface area contributed by atoms with Crippen LogP contribution in [0.4, 0.5) is 10.5 Å². The molecule has 0 bridgehead atoms. The largest absolute Gasteiger partial charge is 0.438 e. The molecule has 2 rings (SSSR count). The molecule has 22 heavy (non-hydrogen) atoms. The number of hydrogen-bond acceptors (Lipinski definition) is 2. The lowest BCUT2D eigenvalue weighted by molar-refractivity contribution is -0.00956. The van der Waals surface area contributed by atoms with Crippen LogP contribution < -0.4 is 4.90 Å². The first-order chi connectivity index (χ1) is 10.5. The van der Waals surface area contributed by atoms with Crippen LogP contribution in [0.2, 0.25) is 0 Å². The second kappa shape index (κ2) is 7.17. The van der Waals surface area contributed by atoms with E-state index in [1.54, 1.807) is 4.90 Å². The topological polar surface area (TPSA) is 29.5 Å². The quantitative estimate of drug-likeness (QED) is 0.671. The van der Waals surface area contributed by atoms with Gasteiger partial charge in [0.25, 0.3) is 0 Å². The second-order valence-corrected chi connectivity index (χ2v) is 6.49. The zero-order valence-electron chi connectivity index (χ0n) is 14.3. The first-order valence-corrected chi connectivity index (χ1v) is 8.43. The van der Waals surface area contributed by atoms with E-state index in [2.05, 4.69) is 39.8 Å². The van der Waals surface area contributed by atoms with Crippen LogP contribution in [0, 0.1) is 5.92 Å². The Morgan fingerprint density at radius 3 is 2.36 bits per heavy atom. The van der Waals surface area contributed by atoms with Gasteiger partial charge in [0.05, 0.1) is 5.69 Å². The van der Waals surface area contributed by atoms with E-state index in [0.29, 0.717) is 6.54 Å². The molecule has 1 aliphatic heterocycles. The van der Waals surface area contributed by atoms with Crippen LogP contribution in [0.15, 0.2) is 24.3 Å². The standard InChI is InChI=1S/C19H28NO2/c1-5-12-19(13-6-2)16-9-7-8-10-17(16)20(18(21)22-19)14-11-15(3)4/h7-10H,5-6,11-14H2,1-4H3. The molecule has 0 N–H and O–H groups in total. The minimum absolute atomic E-state index is 0.193. The summed E-state index contributed by atoms with van der Waals surface area (Å²) in [6.45, 7) is 9.18. The molecule has 1 amide bonds. The van der Waals surface area contributed by atoms with Crippen molar-refractivity contribution in [3.63, 3.8) is 0 Å². The number of hydrogen-bond donors (Lipinski definition) is 0. The maximum atomic E-state index is 12.6. The number of carbonyl (C=O) groups is 1. The van der Waals surface area contributed by atoms with Crippen molar-refractivity contribution in [2.75, 3.05) is 11.4 Å². The summed E-state index contributed by atoms with van der Waals surface area (Å²) in [4.78, 5) is 14.4. The molecule has 0 aliphatic carbocycles. The normalized spacial score (nSPS) is 16.6. The van der Waals surface area contributed by atoms with E-state index in [1.165, 1.54) is 11.5 Å². The van der Waals surface area contributed by atoms with Crippen molar-refractivity contribution in [2.24, 2.45) is 0 Å². The number of amides is 1. The Morgan fingerprint density at radius 1 is 1.14 bits per heavy atom. The number of fused-ring (bicyclic) bond motifs is 1. The first kappa shape index (κ1) is 16.9. The minimum atomic E-state index is -0.446. The Kier molecular flexibility index (Phi) is 5.49. The average Bonchev–Trinajstić information content (AvgIpc) is 2.47. The van der Waals surface area contributed by atoms with Crippen molar-refractivity contribution in [3.8, 4) is 0 Å². The third-order valence-corrected chi connectivity index (χ3v) is 4.33. The summed E-state index contributed by atoms with van der Waals surface area (Å²) in [6, 6.07) is 8.24. The number of para-hydroxylation sites is 1. The molecular formula is C19H28NO2. The molecule has 0 spiro atoms. The lowest BCUT2D eigenvalue weighted by atomic mass is 9.82. The molecular weight excluding hydrogens is 274 g/mol. The lowest BCUT2D eigenvalue weighted by Gasteiger charge is -2.43. The maximum absolute atomic E-state index is 12.6. The number of anilines is 1. The predicted octanol–water partition coefficient (Wildman–Crippen LogP) is 5.44. The average molecular weight is 302 g/mol. The van der Waals surface area contributed by atoms with Crippen molar-refractivity contribution in [3.05, 3.63) is 35.7 Å². The minimum Gasteiger partial charge on any atom is -0.438 e. The van der Waals surface area contributed by atoms with Crippen LogP contribution in [0.5, 0.6) is 0 Å². The summed E-state index contributed by atoms with van der Waals surface area (Å²) in [5.74, 6) is 1.32. The van der Waals surface area contributed by atoms with Crippen molar-refractivity contribution in [1.82, 2.24) is 0 Å². The van der Waals surface area contributed by atoms with E-state index < -0.39 is 5.60 Å². The van der Waals surface area contributed by atoms with Gasteiger partial charge in [0, 0.05) is 12.1 Å². The van der Waals surface area contributed by atoms with Gasteiger partial charge in [-0.25, -0.2) is 4.79 Å². The second-order valence-electron chi connectivity index (χ2n) is 6.49. The van der Waals surface area contributed by atoms with Gasteiger partial charge in [0.15, 0.2) is 0 Å². The molecule has 0 unspecified atom stereocenters. The highest BCUT2D eigenvalue weighted by Crippen LogP contribution is 2.45. The molecule has 1 heterocycles. The van der Waals surface area contributed by atoms with Crippen molar-refractivity contribution in [1.29, 1.82) is 0 Å². The predicted molar refractivity (Wildman–Crippen MR) is 91.0 cm³/mol. The Morgan fingerprint density at radius 2 is 1.77 bits per heavy atom. The van der Waals surface area contributed by atoms with Gasteiger partial charge in [-0.2, -0.15) is 0 Å². The smallest absolute Gasteiger partial charge is 0.415 e. The molecule has 0 fully saturated rings. The van der Waals surface area contributed by atoms with Crippen molar-refractivity contribution >= 4 is 11.8 Å². The van der Waals surface area contributed by atoms with Gasteiger partial charge in [-0.15, -0.1) is 0 Å². The molecule has 0 saturated carbocycles. The zero-order valence-corrected chi connectivity index (χ0v) is 14.3. The fraction of sp³-hybridized carbons (Fsp3) is 0.579. The number of benzene rings is 1. The SMILES string of the molecule is CCCC1(CCC)OC(=O)N(CC[C](C)C)c2ccccc21. The van der Waals surface area contributed by atoms with Crippen LogP contribution in [0.1, 0.15) is 65.4 Å². The number of nitrogens with zero attached hydrogens (tertiary/aromatic N) is 1. The highest BCUT2D eigenvalue weighted by molar-refractivity contribution is 5.91. The molecule has 1 aliphatic rings. The molecule has 3 nitrogen and oxygen atoms in total. The highest BCUT2D eigenvalue weighted by atomic mass is 16.6. The fourth-order valence-electron chi connectivity index (χ4n) is 3.32. The molecule has 3 heteroatoms. The van der Waals surface area contributed by atoms with Crippen LogP contribution in [-0.2, 0) is 10.3 Å². The monoisotopic (exact) mass is 302 g/mol. The van der Waals surface area contributed by atoms with Crippen LogP contribution in [0.25, 0.3) is 0 Å². The third kappa shape index (κ3) is 3.29. The van der Waals surface area contributed by atoms with E-state index in [4.69, 9.17) is 4.74 Å². The van der Waals surface area contributed by atoms with Crippen molar-refractivity contribution in [2.45, 2.75) is 65.4 Å². The first-order valence-electron chi connectivity index (χ1n) is 8.43. The zero-order chi connectivity index (χ0) is 16.2. The van der Waals surface area contributed by atoms with Gasteiger partial charge in [0.2, 0.25) is 0 Å². The summed E-state index contributed by atoms with van der Waals surface area (Å²) in [5.41, 5.74) is 1.76. The van der Waals surface area contributed by atoms with E-state index in [-0.39, 0.29) is 6.09 Å². The van der Waals surface area contributed by atoms with Gasteiger partial charge in [0.1, 0.15) is 5.60 Å². The Labute approximate surface area is 134 Å². The Bertz CT molecular complexity index is 504. The number of ether oxygens (including phenoxy) is 1. The summed E-state index contributed by atoms with van der Waals surface area (Å²) >= 11 is 0. The third-order valence-electron chi connectivity index (χ3n) is 4.33. The molecule has 1 aromatic carbocycles. The van der Waals surface area contributed by atoms with Crippen molar-refractivity contribution < 1.29 is 9.53 Å². The van der Waals surface area contributed by atoms with Gasteiger partial charge in [-0.3, -0.25) is 4.90 Å². The lowest BCUT2D eigenvalue weighted by Crippen LogP contribution is -2.46. The maximum Gasteiger partial charge on any atom is 0.415 e. The number of cyclic esters (lactones) is 1. The molecule has 0 saturated heterocycles. The van der Waals surface area contributed by atoms with Gasteiger partial charge in [-0.1, -0.05) is 58.7 Å². The fourth-order valence-corrected chi connectivity index (χ4v) is 3.32. The van der Waals surface area contributed by atoms with Crippen LogP contribution in [0.3, 0.4) is 0 Å². The van der Waals surface area contributed by atoms with Gasteiger partial charge in [-0.05, 0) is 31.2 Å². The van der Waals surface area contributed by atoms with E-state index >= 15 is 0 Å². The molecule has 0 aromatic heterocycles. The molecule has 121 valence electrons. The Balaban J connectivity index is 2.41. The summed E-state index contributed by atoms with van der Waals surface area (Å²) < 4.78 is 6.00. The molecule has 1 radical (unpaired) electrons. The Hall–Kier alpha value is -1.51. The number of rotatable bonds is 7. The van der Waals surface area contributed by atoms with Crippen LogP contribution in [-0.4, -0.2) is 12.6 Å².